The molecule has 0 aromatic carbocycles. The Morgan fingerprint density at radius 2 is 2.25 bits per heavy atom. The van der Waals surface area contributed by atoms with Crippen LogP contribution in [0.4, 0.5) is 0 Å². The van der Waals surface area contributed by atoms with Crippen LogP contribution in [0.3, 0.4) is 0 Å². The largest absolute Gasteiger partial charge is 0.229 e. The highest BCUT2D eigenvalue weighted by atomic mass is 79.9. The van der Waals surface area contributed by atoms with Crippen LogP contribution >= 0.6 is 15.9 Å². The normalized spacial score (nSPS) is 30.3. The number of halogens is 1. The lowest BCUT2D eigenvalue weighted by atomic mass is 10.1. The van der Waals surface area contributed by atoms with Crippen LogP contribution in [0.25, 0.3) is 0 Å². The SMILES string of the molecule is CC(CBr)CC1CCCS1(=O)=O. The Kier molecular flexibility index (Phi) is 3.58. The Labute approximate surface area is 82.8 Å². The lowest BCUT2D eigenvalue weighted by molar-refractivity contribution is 0.535. The van der Waals surface area contributed by atoms with Crippen LogP contribution in [0.2, 0.25) is 0 Å². The molecule has 0 bridgehead atoms. The summed E-state index contributed by atoms with van der Waals surface area (Å²) in [7, 11) is -2.71. The van der Waals surface area contributed by atoms with E-state index in [1.165, 1.54) is 0 Å². The molecule has 4 heteroatoms. The van der Waals surface area contributed by atoms with Gasteiger partial charge < -0.3 is 0 Å². The van der Waals surface area contributed by atoms with Crippen molar-refractivity contribution >= 4 is 25.8 Å². The van der Waals surface area contributed by atoms with E-state index in [0.29, 0.717) is 11.7 Å². The number of hydrogen-bond donors (Lipinski definition) is 0. The van der Waals surface area contributed by atoms with Gasteiger partial charge in [0, 0.05) is 5.33 Å². The topological polar surface area (TPSA) is 34.1 Å². The van der Waals surface area contributed by atoms with Crippen molar-refractivity contribution in [3.05, 3.63) is 0 Å². The van der Waals surface area contributed by atoms with E-state index in [0.717, 1.165) is 24.6 Å². The van der Waals surface area contributed by atoms with Gasteiger partial charge in [0.2, 0.25) is 0 Å². The Morgan fingerprint density at radius 1 is 1.58 bits per heavy atom. The van der Waals surface area contributed by atoms with Gasteiger partial charge in [-0.1, -0.05) is 22.9 Å². The van der Waals surface area contributed by atoms with E-state index in [-0.39, 0.29) is 5.25 Å². The highest BCUT2D eigenvalue weighted by Gasteiger charge is 2.31. The fraction of sp³-hybridized carbons (Fsp3) is 1.00. The second kappa shape index (κ2) is 4.09. The third-order valence-corrected chi connectivity index (χ3v) is 5.80. The Morgan fingerprint density at radius 3 is 2.67 bits per heavy atom. The lowest BCUT2D eigenvalue weighted by Gasteiger charge is -2.12. The molecular formula is C8H15BrO2S. The van der Waals surface area contributed by atoms with E-state index >= 15 is 0 Å². The molecule has 1 heterocycles. The molecule has 1 aliphatic rings. The molecule has 2 nitrogen and oxygen atoms in total. The molecule has 72 valence electrons. The molecule has 12 heavy (non-hydrogen) atoms. The van der Waals surface area contributed by atoms with Crippen LogP contribution in [0, 0.1) is 5.92 Å². The number of rotatable bonds is 3. The summed E-state index contributed by atoms with van der Waals surface area (Å²) in [6, 6.07) is 0. The van der Waals surface area contributed by atoms with Gasteiger partial charge in [-0.3, -0.25) is 0 Å². The summed E-state index contributed by atoms with van der Waals surface area (Å²) in [5.74, 6) is 0.884. The molecule has 1 fully saturated rings. The molecule has 1 aliphatic heterocycles. The second-order valence-corrected chi connectivity index (χ2v) is 6.67. The lowest BCUT2D eigenvalue weighted by Crippen LogP contribution is -2.19. The minimum absolute atomic E-state index is 0.0509. The summed E-state index contributed by atoms with van der Waals surface area (Å²) >= 11 is 3.36. The molecule has 0 amide bonds. The molecule has 2 atom stereocenters. The Hall–Kier alpha value is 0.430. The maximum Gasteiger partial charge on any atom is 0.153 e. The summed E-state index contributed by atoms with van der Waals surface area (Å²) in [6.45, 7) is 2.09. The summed E-state index contributed by atoms with van der Waals surface area (Å²) in [5.41, 5.74) is 0. The first-order chi connectivity index (χ1) is 5.56. The van der Waals surface area contributed by atoms with Crippen molar-refractivity contribution in [2.45, 2.75) is 31.4 Å². The highest BCUT2D eigenvalue weighted by molar-refractivity contribution is 9.09. The predicted octanol–water partition coefficient (Wildman–Crippen LogP) is 1.98. The zero-order valence-corrected chi connectivity index (χ0v) is 9.70. The Bertz CT molecular complexity index is 235. The van der Waals surface area contributed by atoms with E-state index in [1.807, 2.05) is 0 Å². The zero-order chi connectivity index (χ0) is 9.19. The van der Waals surface area contributed by atoms with Gasteiger partial charge in [0.05, 0.1) is 11.0 Å². The van der Waals surface area contributed by atoms with Crippen LogP contribution in [0.15, 0.2) is 0 Å². The third kappa shape index (κ3) is 2.46. The van der Waals surface area contributed by atoms with E-state index in [2.05, 4.69) is 22.9 Å². The van der Waals surface area contributed by atoms with Crippen molar-refractivity contribution in [2.75, 3.05) is 11.1 Å². The van der Waals surface area contributed by atoms with Crippen molar-refractivity contribution in [2.24, 2.45) is 5.92 Å². The van der Waals surface area contributed by atoms with Crippen LogP contribution < -0.4 is 0 Å². The van der Waals surface area contributed by atoms with Gasteiger partial charge in [-0.05, 0) is 25.2 Å². The molecule has 2 unspecified atom stereocenters. The van der Waals surface area contributed by atoms with Crippen LogP contribution in [0.5, 0.6) is 0 Å². The van der Waals surface area contributed by atoms with Gasteiger partial charge in [-0.15, -0.1) is 0 Å². The van der Waals surface area contributed by atoms with Gasteiger partial charge in [-0.2, -0.15) is 0 Å². The van der Waals surface area contributed by atoms with Crippen molar-refractivity contribution in [3.8, 4) is 0 Å². The van der Waals surface area contributed by atoms with Gasteiger partial charge in [0.25, 0.3) is 0 Å². The fourth-order valence-corrected chi connectivity index (χ4v) is 3.95. The van der Waals surface area contributed by atoms with Crippen molar-refractivity contribution in [1.82, 2.24) is 0 Å². The standard InChI is InChI=1S/C8H15BrO2S/c1-7(6-9)5-8-3-2-4-12(8,10)11/h7-8H,2-6H2,1H3. The smallest absolute Gasteiger partial charge is 0.153 e. The fourth-order valence-electron chi connectivity index (χ4n) is 1.63. The van der Waals surface area contributed by atoms with Crippen LogP contribution in [-0.2, 0) is 9.84 Å². The maximum atomic E-state index is 11.4. The molecule has 0 radical (unpaired) electrons. The van der Waals surface area contributed by atoms with E-state index in [1.54, 1.807) is 0 Å². The summed E-state index contributed by atoms with van der Waals surface area (Å²) in [5, 5.41) is 0.851. The summed E-state index contributed by atoms with van der Waals surface area (Å²) in [6.07, 6.45) is 2.56. The Balaban J connectivity index is 2.53. The average Bonchev–Trinajstić information content (AvgIpc) is 2.31. The van der Waals surface area contributed by atoms with E-state index in [9.17, 15) is 8.42 Å². The minimum Gasteiger partial charge on any atom is -0.229 e. The molecule has 0 N–H and O–H groups in total. The zero-order valence-electron chi connectivity index (χ0n) is 7.29. The van der Waals surface area contributed by atoms with Crippen LogP contribution in [-0.4, -0.2) is 24.8 Å². The first-order valence-corrected chi connectivity index (χ1v) is 7.17. The molecule has 0 spiro atoms. The molecular weight excluding hydrogens is 240 g/mol. The van der Waals surface area contributed by atoms with E-state index < -0.39 is 9.84 Å². The number of hydrogen-bond acceptors (Lipinski definition) is 2. The molecule has 0 aromatic rings. The minimum atomic E-state index is -2.71. The maximum absolute atomic E-state index is 11.4. The molecule has 1 rings (SSSR count). The van der Waals surface area contributed by atoms with Crippen molar-refractivity contribution in [1.29, 1.82) is 0 Å². The van der Waals surface area contributed by atoms with E-state index in [4.69, 9.17) is 0 Å². The van der Waals surface area contributed by atoms with Gasteiger partial charge in [0.1, 0.15) is 0 Å². The van der Waals surface area contributed by atoms with Gasteiger partial charge >= 0.3 is 0 Å². The average molecular weight is 255 g/mol. The third-order valence-electron chi connectivity index (χ3n) is 2.39. The quantitative estimate of drug-likeness (QED) is 0.723. The molecule has 0 saturated carbocycles. The van der Waals surface area contributed by atoms with Gasteiger partial charge in [0.15, 0.2) is 9.84 Å². The van der Waals surface area contributed by atoms with Crippen molar-refractivity contribution in [3.63, 3.8) is 0 Å². The second-order valence-electron chi connectivity index (χ2n) is 3.63. The monoisotopic (exact) mass is 254 g/mol. The molecule has 0 aliphatic carbocycles. The number of alkyl halides is 1. The van der Waals surface area contributed by atoms with Crippen molar-refractivity contribution < 1.29 is 8.42 Å². The first kappa shape index (κ1) is 10.5. The van der Waals surface area contributed by atoms with Crippen LogP contribution in [0.1, 0.15) is 26.2 Å². The number of sulfone groups is 1. The van der Waals surface area contributed by atoms with Gasteiger partial charge in [-0.25, -0.2) is 8.42 Å². The first-order valence-electron chi connectivity index (χ1n) is 4.34. The predicted molar refractivity (Wildman–Crippen MR) is 54.4 cm³/mol. The summed E-state index contributed by atoms with van der Waals surface area (Å²) in [4.78, 5) is 0. The molecule has 1 saturated heterocycles. The molecule has 0 aromatic heterocycles. The highest BCUT2D eigenvalue weighted by Crippen LogP contribution is 2.26. The summed E-state index contributed by atoms with van der Waals surface area (Å²) < 4.78 is 22.8.